The van der Waals surface area contributed by atoms with Gasteiger partial charge < -0.3 is 20.0 Å². The van der Waals surface area contributed by atoms with Crippen molar-refractivity contribution in [1.82, 2.24) is 15.2 Å². The predicted octanol–water partition coefficient (Wildman–Crippen LogP) is 2.90. The quantitative estimate of drug-likeness (QED) is 0.213. The first-order chi connectivity index (χ1) is 18.6. The van der Waals surface area contributed by atoms with Crippen LogP contribution in [0.15, 0.2) is 65.8 Å². The van der Waals surface area contributed by atoms with Gasteiger partial charge in [0.2, 0.25) is 5.91 Å². The molecular formula is C28H31FN4O6. The largest absolute Gasteiger partial charge is 0.478 e. The Morgan fingerprint density at radius 2 is 1.64 bits per heavy atom. The maximum Gasteiger partial charge on any atom is 0.328 e. The monoisotopic (exact) mass is 538 g/mol. The van der Waals surface area contributed by atoms with Gasteiger partial charge in [0.1, 0.15) is 11.7 Å². The summed E-state index contributed by atoms with van der Waals surface area (Å²) in [5.41, 5.74) is 5.41. The van der Waals surface area contributed by atoms with Gasteiger partial charge in [-0.2, -0.15) is 5.10 Å². The van der Waals surface area contributed by atoms with Crippen LogP contribution >= 0.6 is 0 Å². The Morgan fingerprint density at radius 3 is 2.21 bits per heavy atom. The lowest BCUT2D eigenvalue weighted by Crippen LogP contribution is -2.43. The Hall–Kier alpha value is -4.54. The number of fused-ring (bicyclic) bond motifs is 1. The molecule has 0 atom stereocenters. The second kappa shape index (κ2) is 13.8. The lowest BCUT2D eigenvalue weighted by molar-refractivity contribution is -0.134. The second-order valence-corrected chi connectivity index (χ2v) is 9.28. The number of hydrogen-bond donors (Lipinski definition) is 3. The number of amides is 2. The molecule has 4 rings (SSSR count). The van der Waals surface area contributed by atoms with Crippen LogP contribution in [-0.4, -0.2) is 69.2 Å². The third-order valence-corrected chi connectivity index (χ3v) is 6.34. The van der Waals surface area contributed by atoms with Crippen LogP contribution in [-0.2, 0) is 27.3 Å². The lowest BCUT2D eigenvalue weighted by atomic mass is 9.95. The number of nitrogens with zero attached hydrogens (tertiary/aromatic N) is 3. The number of carboxylic acids is 2. The number of nitrogens with one attached hydrogen (secondary N) is 1. The molecule has 2 aliphatic rings. The first kappa shape index (κ1) is 29.0. The van der Waals surface area contributed by atoms with Gasteiger partial charge in [-0.15, -0.1) is 0 Å². The second-order valence-electron chi connectivity index (χ2n) is 9.28. The number of piperidine rings is 1. The number of halogens is 1. The average Bonchev–Trinajstić information content (AvgIpc) is 3.22. The number of carbonyl (C=O) groups is 4. The normalized spacial score (nSPS) is 15.5. The van der Waals surface area contributed by atoms with Crippen molar-refractivity contribution in [1.29, 1.82) is 0 Å². The van der Waals surface area contributed by atoms with E-state index < -0.39 is 11.9 Å². The van der Waals surface area contributed by atoms with Crippen LogP contribution in [0.25, 0.3) is 0 Å². The molecule has 0 aliphatic carbocycles. The first-order valence-electron chi connectivity index (χ1n) is 12.5. The molecule has 0 saturated carbocycles. The van der Waals surface area contributed by atoms with Crippen LogP contribution in [0.4, 0.5) is 4.39 Å². The standard InChI is InChI=1S/C24H27FN4O2.C4H4O4/c1-17(30)26-27-23(14-18-6-8-21(25)9-7-18)28-12-10-19(11-13-28)15-29-16-20-4-2-3-5-22(20)24(29)31;5-3(6)1-2-4(7)8/h2-9,19H,10-16H2,1H3,(H,26,30);1-2H,(H,5,6)(H,7,8). The van der Waals surface area contributed by atoms with Crippen LogP contribution in [0.3, 0.4) is 0 Å². The van der Waals surface area contributed by atoms with Gasteiger partial charge in [0, 0.05) is 57.2 Å². The lowest BCUT2D eigenvalue weighted by Gasteiger charge is -2.35. The SMILES string of the molecule is CC(=O)NN=C(Cc1ccc(F)cc1)N1CCC(CN2Cc3ccccc3C2=O)CC1.O=C(O)C=CC(=O)O. The van der Waals surface area contributed by atoms with E-state index in [0.717, 1.165) is 55.0 Å². The Kier molecular flexibility index (Phi) is 10.3. The number of likely N-dealkylation sites (tertiary alicyclic amines) is 1. The summed E-state index contributed by atoms with van der Waals surface area (Å²) in [6.45, 7) is 4.49. The summed E-state index contributed by atoms with van der Waals surface area (Å²) in [6.07, 6.45) is 3.53. The Bertz CT molecular complexity index is 1240. The Morgan fingerprint density at radius 1 is 1.03 bits per heavy atom. The minimum absolute atomic E-state index is 0.127. The summed E-state index contributed by atoms with van der Waals surface area (Å²) in [5, 5.41) is 19.9. The van der Waals surface area contributed by atoms with E-state index in [2.05, 4.69) is 15.4 Å². The number of hydrazone groups is 1. The zero-order valence-electron chi connectivity index (χ0n) is 21.5. The fourth-order valence-electron chi connectivity index (χ4n) is 4.44. The first-order valence-corrected chi connectivity index (χ1v) is 12.5. The van der Waals surface area contributed by atoms with E-state index in [1.165, 1.54) is 19.1 Å². The molecule has 0 radical (unpaired) electrons. The van der Waals surface area contributed by atoms with Crippen LogP contribution in [0.2, 0.25) is 0 Å². The molecule has 0 aromatic heterocycles. The van der Waals surface area contributed by atoms with Gasteiger partial charge in [-0.05, 0) is 48.1 Å². The fraction of sp³-hybridized carbons (Fsp3) is 0.321. The van der Waals surface area contributed by atoms with Crippen molar-refractivity contribution in [2.75, 3.05) is 19.6 Å². The van der Waals surface area contributed by atoms with Crippen molar-refractivity contribution in [3.63, 3.8) is 0 Å². The van der Waals surface area contributed by atoms with Crippen molar-refractivity contribution < 1.29 is 33.8 Å². The molecule has 0 bridgehead atoms. The number of rotatable bonds is 7. The molecule has 2 amide bonds. The number of hydrogen-bond acceptors (Lipinski definition) is 5. The summed E-state index contributed by atoms with van der Waals surface area (Å²) < 4.78 is 13.2. The fourth-order valence-corrected chi connectivity index (χ4v) is 4.44. The van der Waals surface area contributed by atoms with Crippen LogP contribution < -0.4 is 5.43 Å². The highest BCUT2D eigenvalue weighted by Gasteiger charge is 2.30. The molecule has 3 N–H and O–H groups in total. The average molecular weight is 539 g/mol. The number of amidine groups is 1. The van der Waals surface area contributed by atoms with Crippen LogP contribution in [0.1, 0.15) is 41.3 Å². The van der Waals surface area contributed by atoms with Crippen LogP contribution in [0, 0.1) is 11.7 Å². The van der Waals surface area contributed by atoms with Gasteiger partial charge in [0.25, 0.3) is 5.91 Å². The zero-order chi connectivity index (χ0) is 28.4. The van der Waals surface area contributed by atoms with Gasteiger partial charge >= 0.3 is 11.9 Å². The summed E-state index contributed by atoms with van der Waals surface area (Å²) in [6, 6.07) is 14.2. The van der Waals surface area contributed by atoms with Crippen molar-refractivity contribution in [3.8, 4) is 0 Å². The molecule has 10 nitrogen and oxygen atoms in total. The summed E-state index contributed by atoms with van der Waals surface area (Å²) >= 11 is 0. The highest BCUT2D eigenvalue weighted by atomic mass is 19.1. The van der Waals surface area contributed by atoms with Crippen molar-refractivity contribution in [2.45, 2.75) is 32.7 Å². The van der Waals surface area contributed by atoms with E-state index in [9.17, 15) is 23.6 Å². The van der Waals surface area contributed by atoms with E-state index >= 15 is 0 Å². The van der Waals surface area contributed by atoms with E-state index in [0.29, 0.717) is 31.0 Å². The maximum absolute atomic E-state index is 13.2. The molecule has 1 saturated heterocycles. The molecule has 0 unspecified atom stereocenters. The van der Waals surface area contributed by atoms with Gasteiger partial charge in [-0.25, -0.2) is 19.4 Å². The van der Waals surface area contributed by atoms with Gasteiger partial charge in [-0.3, -0.25) is 9.59 Å². The zero-order valence-corrected chi connectivity index (χ0v) is 21.5. The van der Waals surface area contributed by atoms with Crippen molar-refractivity contribution in [2.24, 2.45) is 11.0 Å². The maximum atomic E-state index is 13.2. The molecule has 206 valence electrons. The highest BCUT2D eigenvalue weighted by molar-refractivity contribution is 5.98. The summed E-state index contributed by atoms with van der Waals surface area (Å²) in [4.78, 5) is 47.3. The van der Waals surface area contributed by atoms with Gasteiger partial charge in [0.15, 0.2) is 0 Å². The molecular weight excluding hydrogens is 507 g/mol. The summed E-state index contributed by atoms with van der Waals surface area (Å²) in [5.74, 6) is -1.68. The molecule has 11 heteroatoms. The molecule has 39 heavy (non-hydrogen) atoms. The Balaban J connectivity index is 0.000000459. The smallest absolute Gasteiger partial charge is 0.328 e. The molecule has 1 fully saturated rings. The van der Waals surface area contributed by atoms with Gasteiger partial charge in [0.05, 0.1) is 0 Å². The number of benzene rings is 2. The van der Waals surface area contributed by atoms with Gasteiger partial charge in [-0.1, -0.05) is 30.3 Å². The Labute approximate surface area is 225 Å². The van der Waals surface area contributed by atoms with Crippen molar-refractivity contribution in [3.05, 3.63) is 83.2 Å². The van der Waals surface area contributed by atoms with Crippen molar-refractivity contribution >= 4 is 29.6 Å². The van der Waals surface area contributed by atoms with Crippen LogP contribution in [0.5, 0.6) is 0 Å². The molecule has 0 spiro atoms. The summed E-state index contributed by atoms with van der Waals surface area (Å²) in [7, 11) is 0. The predicted molar refractivity (Wildman–Crippen MR) is 141 cm³/mol. The highest BCUT2D eigenvalue weighted by Crippen LogP contribution is 2.26. The number of carbonyl (C=O) groups excluding carboxylic acids is 2. The van der Waals surface area contributed by atoms with E-state index in [4.69, 9.17) is 10.2 Å². The number of carboxylic acid groups (broad SMARTS) is 2. The molecule has 2 heterocycles. The third kappa shape index (κ3) is 9.06. The molecule has 2 aromatic rings. The minimum atomic E-state index is -1.26. The molecule has 2 aromatic carbocycles. The van der Waals surface area contributed by atoms with E-state index in [-0.39, 0.29) is 17.6 Å². The van der Waals surface area contributed by atoms with E-state index in [1.54, 1.807) is 12.1 Å². The number of aliphatic carboxylic acids is 2. The van der Waals surface area contributed by atoms with E-state index in [1.807, 2.05) is 29.2 Å². The minimum Gasteiger partial charge on any atom is -0.478 e. The third-order valence-electron chi connectivity index (χ3n) is 6.34. The topological polar surface area (TPSA) is 140 Å². The molecule has 2 aliphatic heterocycles.